The van der Waals surface area contributed by atoms with Gasteiger partial charge in [-0.15, -0.1) is 0 Å². The lowest BCUT2D eigenvalue weighted by Crippen LogP contribution is -1.94. The van der Waals surface area contributed by atoms with E-state index >= 15 is 0 Å². The third-order valence-corrected chi connectivity index (χ3v) is 8.65. The molecular weight excluding hydrogens is 492 g/mol. The van der Waals surface area contributed by atoms with E-state index in [4.69, 9.17) is 0 Å². The summed E-state index contributed by atoms with van der Waals surface area (Å²) in [5, 5.41) is 10.2. The molecule has 8 aromatic carbocycles. The molecule has 0 aromatic heterocycles. The fraction of sp³-hybridized carbons (Fsp3) is 0.0244. The first-order chi connectivity index (χ1) is 20.3. The van der Waals surface area contributed by atoms with Gasteiger partial charge in [-0.2, -0.15) is 0 Å². The summed E-state index contributed by atoms with van der Waals surface area (Å²) in [6.45, 7) is 2.28. The predicted octanol–water partition coefficient (Wildman–Crippen LogP) is 11.6. The molecule has 0 aliphatic rings. The van der Waals surface area contributed by atoms with E-state index in [1.54, 1.807) is 0 Å². The van der Waals surface area contributed by atoms with Crippen LogP contribution in [0.15, 0.2) is 152 Å². The number of fused-ring (bicyclic) bond motifs is 4. The third kappa shape index (κ3) is 3.76. The molecule has 0 aliphatic carbocycles. The zero-order chi connectivity index (χ0) is 27.3. The van der Waals surface area contributed by atoms with Gasteiger partial charge in [-0.1, -0.05) is 146 Å². The van der Waals surface area contributed by atoms with Gasteiger partial charge >= 0.3 is 0 Å². The highest BCUT2D eigenvalue weighted by Crippen LogP contribution is 2.46. The molecule has 0 bridgehead atoms. The molecule has 41 heavy (non-hydrogen) atoms. The summed E-state index contributed by atoms with van der Waals surface area (Å²) in [6.07, 6.45) is 0. The van der Waals surface area contributed by atoms with Crippen LogP contribution in [-0.2, 0) is 0 Å². The van der Waals surface area contributed by atoms with Gasteiger partial charge in [0, 0.05) is 0 Å². The minimum Gasteiger partial charge on any atom is -0.0616 e. The highest BCUT2D eigenvalue weighted by molar-refractivity contribution is 6.22. The van der Waals surface area contributed by atoms with Crippen molar-refractivity contribution in [3.63, 3.8) is 0 Å². The minimum absolute atomic E-state index is 1.25. The lowest BCUT2D eigenvalue weighted by Gasteiger charge is -2.20. The first-order valence-electron chi connectivity index (χ1n) is 14.3. The van der Waals surface area contributed by atoms with E-state index < -0.39 is 0 Å². The molecule has 8 rings (SSSR count). The Hall–Kier alpha value is -5.20. The summed E-state index contributed by atoms with van der Waals surface area (Å²) in [5.41, 5.74) is 9.01. The molecule has 0 unspecified atom stereocenters. The van der Waals surface area contributed by atoms with E-state index in [0.717, 1.165) is 0 Å². The molecule has 0 N–H and O–H groups in total. The van der Waals surface area contributed by atoms with Crippen molar-refractivity contribution >= 4 is 43.1 Å². The van der Waals surface area contributed by atoms with E-state index in [2.05, 4.69) is 159 Å². The number of rotatable bonds is 3. The molecule has 0 nitrogen and oxygen atoms in total. The maximum Gasteiger partial charge on any atom is -0.00235 e. The Labute approximate surface area is 240 Å². The summed E-state index contributed by atoms with van der Waals surface area (Å²) < 4.78 is 0. The van der Waals surface area contributed by atoms with Crippen molar-refractivity contribution in [2.45, 2.75) is 6.92 Å². The van der Waals surface area contributed by atoms with Gasteiger partial charge in [-0.3, -0.25) is 0 Å². The maximum atomic E-state index is 2.34. The number of benzene rings is 8. The van der Waals surface area contributed by atoms with Crippen LogP contribution in [-0.4, -0.2) is 0 Å². The monoisotopic (exact) mass is 520 g/mol. The van der Waals surface area contributed by atoms with E-state index in [0.29, 0.717) is 0 Å². The summed E-state index contributed by atoms with van der Waals surface area (Å²) >= 11 is 0. The van der Waals surface area contributed by atoms with Crippen molar-refractivity contribution in [3.8, 4) is 33.4 Å². The number of hydrogen-bond acceptors (Lipinski definition) is 0. The molecule has 0 heterocycles. The molecule has 0 saturated heterocycles. The molecule has 0 aliphatic heterocycles. The van der Waals surface area contributed by atoms with Crippen LogP contribution in [0.25, 0.3) is 76.5 Å². The Morgan fingerprint density at radius 3 is 1.51 bits per heavy atom. The van der Waals surface area contributed by atoms with Crippen molar-refractivity contribution in [1.29, 1.82) is 0 Å². The fourth-order valence-electron chi connectivity index (χ4n) is 6.73. The predicted molar refractivity (Wildman–Crippen MR) is 178 cm³/mol. The average molecular weight is 521 g/mol. The molecule has 192 valence electrons. The van der Waals surface area contributed by atoms with Gasteiger partial charge in [-0.05, 0) is 95.0 Å². The Balaban J connectivity index is 1.45. The normalized spacial score (nSPS) is 11.5. The van der Waals surface area contributed by atoms with Gasteiger partial charge in [0.25, 0.3) is 0 Å². The van der Waals surface area contributed by atoms with Crippen LogP contribution >= 0.6 is 0 Å². The lowest BCUT2D eigenvalue weighted by atomic mass is 9.83. The molecule has 0 atom stereocenters. The second kappa shape index (κ2) is 9.47. The summed E-state index contributed by atoms with van der Waals surface area (Å²) in [6, 6.07) is 55.5. The molecule has 8 aromatic rings. The van der Waals surface area contributed by atoms with Crippen molar-refractivity contribution in [2.75, 3.05) is 0 Å². The van der Waals surface area contributed by atoms with Gasteiger partial charge in [0.2, 0.25) is 0 Å². The fourth-order valence-corrected chi connectivity index (χ4v) is 6.73. The van der Waals surface area contributed by atoms with Crippen LogP contribution in [0.1, 0.15) is 5.56 Å². The lowest BCUT2D eigenvalue weighted by molar-refractivity contribution is 1.47. The zero-order valence-electron chi connectivity index (χ0n) is 22.9. The first kappa shape index (κ1) is 23.7. The van der Waals surface area contributed by atoms with E-state index in [-0.39, 0.29) is 0 Å². The van der Waals surface area contributed by atoms with E-state index in [1.807, 2.05) is 0 Å². The Morgan fingerprint density at radius 1 is 0.317 bits per heavy atom. The molecule has 0 radical (unpaired) electrons. The molecule has 0 heteroatoms. The molecular formula is C41H28. The maximum absolute atomic E-state index is 2.34. The average Bonchev–Trinajstić information content (AvgIpc) is 3.03. The Morgan fingerprint density at radius 2 is 0.805 bits per heavy atom. The van der Waals surface area contributed by atoms with Crippen LogP contribution in [0, 0.1) is 6.92 Å². The van der Waals surface area contributed by atoms with Crippen LogP contribution < -0.4 is 0 Å². The van der Waals surface area contributed by atoms with Gasteiger partial charge < -0.3 is 0 Å². The van der Waals surface area contributed by atoms with Crippen molar-refractivity contribution < 1.29 is 0 Å². The third-order valence-electron chi connectivity index (χ3n) is 8.65. The van der Waals surface area contributed by atoms with Crippen LogP contribution in [0.3, 0.4) is 0 Å². The smallest absolute Gasteiger partial charge is 0.00235 e. The van der Waals surface area contributed by atoms with Gasteiger partial charge in [0.1, 0.15) is 0 Å². The first-order valence-corrected chi connectivity index (χ1v) is 14.3. The van der Waals surface area contributed by atoms with Gasteiger partial charge in [-0.25, -0.2) is 0 Å². The Bertz CT molecular complexity index is 2210. The minimum atomic E-state index is 1.25. The SMILES string of the molecule is Cc1c(-c2cccc3ccccc23)cccc1-c1c2ccccc2c(-c2ccc3ccccc3c2)c2ccccc12. The highest BCUT2D eigenvalue weighted by Gasteiger charge is 2.19. The molecule has 0 fully saturated rings. The molecule has 0 spiro atoms. The summed E-state index contributed by atoms with van der Waals surface area (Å²) in [4.78, 5) is 0. The van der Waals surface area contributed by atoms with Crippen molar-refractivity contribution in [3.05, 3.63) is 157 Å². The summed E-state index contributed by atoms with van der Waals surface area (Å²) in [7, 11) is 0. The second-order valence-corrected chi connectivity index (χ2v) is 10.9. The Kier molecular flexibility index (Phi) is 5.47. The van der Waals surface area contributed by atoms with Gasteiger partial charge in [0.05, 0.1) is 0 Å². The topological polar surface area (TPSA) is 0 Å². The van der Waals surface area contributed by atoms with Crippen molar-refractivity contribution in [2.24, 2.45) is 0 Å². The van der Waals surface area contributed by atoms with E-state index in [9.17, 15) is 0 Å². The molecule has 0 amide bonds. The van der Waals surface area contributed by atoms with Crippen LogP contribution in [0.5, 0.6) is 0 Å². The highest BCUT2D eigenvalue weighted by atomic mass is 14.2. The van der Waals surface area contributed by atoms with Crippen molar-refractivity contribution in [1.82, 2.24) is 0 Å². The standard InChI is InChI=1S/C41H28/c1-27-32(35-23-10-15-29-13-4-5-16-34(29)35)21-11-22-33(27)41-38-19-8-6-17-36(38)40(37-18-7-9-20-39(37)41)31-25-24-28-12-2-3-14-30(28)26-31/h2-26H,1H3. The summed E-state index contributed by atoms with van der Waals surface area (Å²) in [5.74, 6) is 0. The number of hydrogen-bond donors (Lipinski definition) is 0. The zero-order valence-corrected chi connectivity index (χ0v) is 22.9. The quantitative estimate of drug-likeness (QED) is 0.203. The van der Waals surface area contributed by atoms with Gasteiger partial charge in [0.15, 0.2) is 0 Å². The largest absolute Gasteiger partial charge is 0.0616 e. The van der Waals surface area contributed by atoms with Crippen LogP contribution in [0.4, 0.5) is 0 Å². The van der Waals surface area contributed by atoms with Crippen LogP contribution in [0.2, 0.25) is 0 Å². The van der Waals surface area contributed by atoms with E-state index in [1.165, 1.54) is 82.0 Å². The second-order valence-electron chi connectivity index (χ2n) is 10.9. The molecule has 0 saturated carbocycles.